The molecule has 2 aliphatic rings. The maximum absolute atomic E-state index is 9.28. The van der Waals surface area contributed by atoms with Gasteiger partial charge < -0.3 is 19.3 Å². The van der Waals surface area contributed by atoms with E-state index in [1.54, 1.807) is 0 Å². The van der Waals surface area contributed by atoms with Crippen LogP contribution in [0.15, 0.2) is 0 Å². The molecular formula is C7H12O4. The van der Waals surface area contributed by atoms with Gasteiger partial charge in [-0.05, 0) is 6.42 Å². The predicted octanol–water partition coefficient (Wildman–Crippen LogP) is -0.145. The first-order valence-corrected chi connectivity index (χ1v) is 3.92. The Bertz CT molecular complexity index is 149. The molecule has 4 nitrogen and oxygen atoms in total. The van der Waals surface area contributed by atoms with Crippen LogP contribution in [0, 0.1) is 0 Å². The minimum absolute atomic E-state index is 0.194. The van der Waals surface area contributed by atoms with E-state index < -0.39 is 6.10 Å². The van der Waals surface area contributed by atoms with Crippen LogP contribution in [0.4, 0.5) is 0 Å². The highest BCUT2D eigenvalue weighted by atomic mass is 16.8. The smallest absolute Gasteiger partial charge is 0.189 e. The van der Waals surface area contributed by atoms with Crippen molar-refractivity contribution in [3.63, 3.8) is 0 Å². The molecule has 4 unspecified atom stereocenters. The van der Waals surface area contributed by atoms with E-state index >= 15 is 0 Å². The number of fused-ring (bicyclic) bond motifs is 1. The molecule has 2 heterocycles. The van der Waals surface area contributed by atoms with Crippen LogP contribution in [0.3, 0.4) is 0 Å². The van der Waals surface area contributed by atoms with Gasteiger partial charge in [0, 0.05) is 0 Å². The average molecular weight is 160 g/mol. The van der Waals surface area contributed by atoms with Crippen molar-refractivity contribution >= 4 is 0 Å². The Balaban J connectivity index is 1.98. The molecule has 0 aromatic carbocycles. The molecule has 1 N–H and O–H groups in total. The highest BCUT2D eigenvalue weighted by Gasteiger charge is 2.45. The summed E-state index contributed by atoms with van der Waals surface area (Å²) in [5.74, 6) is 0. The quantitative estimate of drug-likeness (QED) is 0.579. The lowest BCUT2D eigenvalue weighted by molar-refractivity contribution is -0.146. The zero-order valence-corrected chi connectivity index (χ0v) is 6.40. The summed E-state index contributed by atoms with van der Waals surface area (Å²) in [5, 5.41) is 9.28. The van der Waals surface area contributed by atoms with Crippen LogP contribution in [0.25, 0.3) is 0 Å². The van der Waals surface area contributed by atoms with Crippen LogP contribution in [0.2, 0.25) is 0 Å². The molecule has 0 radical (unpaired) electrons. The molecule has 64 valence electrons. The Labute approximate surface area is 65.1 Å². The maximum atomic E-state index is 9.28. The van der Waals surface area contributed by atoms with Crippen molar-refractivity contribution in [2.24, 2.45) is 0 Å². The van der Waals surface area contributed by atoms with Gasteiger partial charge in [-0.2, -0.15) is 0 Å². The van der Waals surface area contributed by atoms with Gasteiger partial charge in [-0.25, -0.2) is 0 Å². The van der Waals surface area contributed by atoms with E-state index in [4.69, 9.17) is 14.2 Å². The van der Waals surface area contributed by atoms with Gasteiger partial charge >= 0.3 is 0 Å². The standard InChI is InChI=1S/C7H12O4/c1-2-5-10-6-4(8)3-9-7(6)11-5/h4-8H,2-3H2,1H3. The summed E-state index contributed by atoms with van der Waals surface area (Å²) in [6.45, 7) is 2.30. The van der Waals surface area contributed by atoms with Crippen LogP contribution < -0.4 is 0 Å². The Kier molecular flexibility index (Phi) is 1.85. The summed E-state index contributed by atoms with van der Waals surface area (Å²) in [7, 11) is 0. The third-order valence-electron chi connectivity index (χ3n) is 2.01. The maximum Gasteiger partial charge on any atom is 0.189 e. The van der Waals surface area contributed by atoms with E-state index in [9.17, 15) is 5.11 Å². The number of hydrogen-bond donors (Lipinski definition) is 1. The Hall–Kier alpha value is -0.160. The molecule has 0 spiro atoms. The van der Waals surface area contributed by atoms with E-state index in [2.05, 4.69) is 0 Å². The van der Waals surface area contributed by atoms with Crippen LogP contribution in [0.5, 0.6) is 0 Å². The zero-order valence-electron chi connectivity index (χ0n) is 6.40. The molecule has 4 heteroatoms. The molecule has 2 rings (SSSR count). The molecule has 0 aromatic rings. The summed E-state index contributed by atoms with van der Waals surface area (Å²) in [4.78, 5) is 0. The first kappa shape index (κ1) is 7.49. The first-order valence-electron chi connectivity index (χ1n) is 3.92. The van der Waals surface area contributed by atoms with Crippen molar-refractivity contribution < 1.29 is 19.3 Å². The van der Waals surface area contributed by atoms with E-state index in [1.165, 1.54) is 0 Å². The fourth-order valence-corrected chi connectivity index (χ4v) is 1.39. The van der Waals surface area contributed by atoms with Crippen LogP contribution >= 0.6 is 0 Å². The summed E-state index contributed by atoms with van der Waals surface area (Å²) in [6, 6.07) is 0. The van der Waals surface area contributed by atoms with Gasteiger partial charge in [-0.1, -0.05) is 6.92 Å². The van der Waals surface area contributed by atoms with Gasteiger partial charge in [0.25, 0.3) is 0 Å². The number of aliphatic hydroxyl groups excluding tert-OH is 1. The minimum atomic E-state index is -0.517. The minimum Gasteiger partial charge on any atom is -0.388 e. The van der Waals surface area contributed by atoms with E-state index in [1.807, 2.05) is 6.92 Å². The second kappa shape index (κ2) is 2.71. The van der Waals surface area contributed by atoms with Crippen molar-refractivity contribution in [1.29, 1.82) is 0 Å². The molecule has 0 aromatic heterocycles. The van der Waals surface area contributed by atoms with Crippen molar-refractivity contribution in [2.45, 2.75) is 38.1 Å². The predicted molar refractivity (Wildman–Crippen MR) is 35.8 cm³/mol. The number of ether oxygens (including phenoxy) is 3. The second-order valence-electron chi connectivity index (χ2n) is 2.84. The van der Waals surface area contributed by atoms with Crippen molar-refractivity contribution in [1.82, 2.24) is 0 Å². The monoisotopic (exact) mass is 160 g/mol. The Morgan fingerprint density at radius 2 is 2.27 bits per heavy atom. The largest absolute Gasteiger partial charge is 0.388 e. The molecule has 0 saturated carbocycles. The highest BCUT2D eigenvalue weighted by molar-refractivity contribution is 4.83. The lowest BCUT2D eigenvalue weighted by Crippen LogP contribution is -2.27. The Morgan fingerprint density at radius 3 is 2.91 bits per heavy atom. The lowest BCUT2D eigenvalue weighted by atomic mass is 10.2. The van der Waals surface area contributed by atoms with E-state index in [0.29, 0.717) is 6.61 Å². The van der Waals surface area contributed by atoms with Gasteiger partial charge in [-0.3, -0.25) is 0 Å². The van der Waals surface area contributed by atoms with Crippen LogP contribution in [0.1, 0.15) is 13.3 Å². The highest BCUT2D eigenvalue weighted by Crippen LogP contribution is 2.29. The summed E-state index contributed by atoms with van der Waals surface area (Å²) < 4.78 is 15.8. The zero-order chi connectivity index (χ0) is 7.84. The van der Waals surface area contributed by atoms with Gasteiger partial charge in [-0.15, -0.1) is 0 Å². The van der Waals surface area contributed by atoms with Gasteiger partial charge in [0.1, 0.15) is 12.2 Å². The summed E-state index contributed by atoms with van der Waals surface area (Å²) >= 11 is 0. The van der Waals surface area contributed by atoms with Crippen molar-refractivity contribution in [3.05, 3.63) is 0 Å². The van der Waals surface area contributed by atoms with Crippen LogP contribution in [-0.2, 0) is 14.2 Å². The number of rotatable bonds is 1. The van der Waals surface area contributed by atoms with Crippen molar-refractivity contribution in [2.75, 3.05) is 6.61 Å². The molecule has 0 aliphatic carbocycles. The lowest BCUT2D eigenvalue weighted by Gasteiger charge is -2.09. The average Bonchev–Trinajstić information content (AvgIpc) is 2.53. The first-order chi connectivity index (χ1) is 5.31. The van der Waals surface area contributed by atoms with Gasteiger partial charge in [0.2, 0.25) is 0 Å². The fraction of sp³-hybridized carbons (Fsp3) is 1.00. The fourth-order valence-electron chi connectivity index (χ4n) is 1.39. The molecule has 4 atom stereocenters. The van der Waals surface area contributed by atoms with E-state index in [-0.39, 0.29) is 18.7 Å². The third-order valence-corrected chi connectivity index (χ3v) is 2.01. The normalized spacial score (nSPS) is 49.6. The summed E-state index contributed by atoms with van der Waals surface area (Å²) in [5.41, 5.74) is 0. The Morgan fingerprint density at radius 1 is 1.45 bits per heavy atom. The van der Waals surface area contributed by atoms with Crippen molar-refractivity contribution in [3.8, 4) is 0 Å². The number of aliphatic hydroxyl groups is 1. The molecule has 2 aliphatic heterocycles. The molecular weight excluding hydrogens is 148 g/mol. The SMILES string of the molecule is CCC1OC2OCC(O)C2O1. The van der Waals surface area contributed by atoms with Gasteiger partial charge in [0.15, 0.2) is 12.6 Å². The summed E-state index contributed by atoms with van der Waals surface area (Å²) in [6.07, 6.45) is -0.519. The van der Waals surface area contributed by atoms with Gasteiger partial charge in [0.05, 0.1) is 6.61 Å². The molecule has 2 fully saturated rings. The topological polar surface area (TPSA) is 47.9 Å². The molecule has 0 bridgehead atoms. The molecule has 2 saturated heterocycles. The van der Waals surface area contributed by atoms with Crippen LogP contribution in [-0.4, -0.2) is 36.5 Å². The third kappa shape index (κ3) is 1.16. The van der Waals surface area contributed by atoms with E-state index in [0.717, 1.165) is 6.42 Å². The number of hydrogen-bond acceptors (Lipinski definition) is 4. The molecule has 0 amide bonds. The second-order valence-corrected chi connectivity index (χ2v) is 2.84. The molecule has 11 heavy (non-hydrogen) atoms.